The molecule has 0 aliphatic carbocycles. The zero-order valence-corrected chi connectivity index (χ0v) is 45.6. The minimum Gasteiger partial charge on any atom is -0.390 e. The molecule has 1 fully saturated rings. The van der Waals surface area contributed by atoms with Crippen molar-refractivity contribution in [3.05, 3.63) is 48.0 Å². The van der Waals surface area contributed by atoms with Gasteiger partial charge in [0.15, 0.2) is 12.4 Å². The quantitative estimate of drug-likeness (QED) is 0.0318. The van der Waals surface area contributed by atoms with Gasteiger partial charge in [-0.05, 0) is 29.2 Å². The predicted octanol–water partition coefficient (Wildman–Crippen LogP) is 13.0. The Balaban J connectivity index is 1.37. The lowest BCUT2D eigenvalue weighted by atomic mass is 9.97. The van der Waals surface area contributed by atoms with E-state index in [0.29, 0.717) is 12.8 Å². The van der Waals surface area contributed by atoms with Gasteiger partial charge in [-0.1, -0.05) is 275 Å². The summed E-state index contributed by atoms with van der Waals surface area (Å²) in [4.78, 5) is 26.7. The van der Waals surface area contributed by atoms with E-state index in [1.807, 2.05) is 42.5 Å². The van der Waals surface area contributed by atoms with Crippen molar-refractivity contribution in [3.8, 4) is 0 Å². The first kappa shape index (κ1) is 63.7. The number of hydrogen-bond donors (Lipinski definition) is 7. The molecule has 0 bridgehead atoms. The van der Waals surface area contributed by atoms with E-state index in [-0.39, 0.29) is 25.5 Å². The van der Waals surface area contributed by atoms with Crippen LogP contribution < -0.4 is 10.6 Å². The van der Waals surface area contributed by atoms with Crippen LogP contribution in [0.5, 0.6) is 0 Å². The van der Waals surface area contributed by atoms with Gasteiger partial charge in [0, 0.05) is 13.0 Å². The molecule has 11 heteroatoms. The highest BCUT2D eigenvalue weighted by molar-refractivity contribution is 5.87. The fourth-order valence-electron chi connectivity index (χ4n) is 10.3. The Labute approximate surface area is 437 Å². The van der Waals surface area contributed by atoms with E-state index in [9.17, 15) is 35.1 Å². The lowest BCUT2D eigenvalue weighted by Gasteiger charge is -2.40. The van der Waals surface area contributed by atoms with Gasteiger partial charge >= 0.3 is 0 Å². The van der Waals surface area contributed by atoms with Crippen molar-refractivity contribution in [3.63, 3.8) is 0 Å². The second-order valence-electron chi connectivity index (χ2n) is 21.5. The van der Waals surface area contributed by atoms with Crippen LogP contribution in [0.25, 0.3) is 10.8 Å². The van der Waals surface area contributed by atoms with Crippen molar-refractivity contribution >= 4 is 22.6 Å². The summed E-state index contributed by atoms with van der Waals surface area (Å²) in [6.07, 6.45) is 33.7. The number of unbranched alkanes of at least 4 members (excludes halogenated alkanes) is 33. The summed E-state index contributed by atoms with van der Waals surface area (Å²) in [5.74, 6) is -0.983. The smallest absolute Gasteiger partial charge is 0.252 e. The van der Waals surface area contributed by atoms with Crippen LogP contribution in [-0.2, 0) is 25.6 Å². The Kier molecular flexibility index (Phi) is 36.8. The molecule has 3 rings (SSSR count). The van der Waals surface area contributed by atoms with E-state index in [1.165, 1.54) is 173 Å². The molecule has 0 unspecified atom stereocenters. The molecule has 7 N–H and O–H groups in total. The van der Waals surface area contributed by atoms with Crippen LogP contribution >= 0.6 is 0 Å². The molecule has 2 aromatic rings. The Morgan fingerprint density at radius 2 is 0.972 bits per heavy atom. The number of hydrogen-bond acceptors (Lipinski definition) is 9. The van der Waals surface area contributed by atoms with E-state index in [0.717, 1.165) is 61.3 Å². The molecule has 1 saturated heterocycles. The summed E-state index contributed by atoms with van der Waals surface area (Å²) in [5, 5.41) is 62.8. The first-order chi connectivity index (χ1) is 35.2. The first-order valence-corrected chi connectivity index (χ1v) is 29.9. The van der Waals surface area contributed by atoms with Crippen molar-refractivity contribution in [2.75, 3.05) is 6.61 Å². The van der Waals surface area contributed by atoms with Crippen molar-refractivity contribution < 1.29 is 44.6 Å². The molecule has 72 heavy (non-hydrogen) atoms. The van der Waals surface area contributed by atoms with Gasteiger partial charge < -0.3 is 45.6 Å². The molecule has 0 radical (unpaired) electrons. The van der Waals surface area contributed by atoms with Gasteiger partial charge in [0.2, 0.25) is 5.91 Å². The van der Waals surface area contributed by atoms with Crippen molar-refractivity contribution in [2.45, 2.75) is 307 Å². The van der Waals surface area contributed by atoms with Crippen LogP contribution in [0.4, 0.5) is 0 Å². The molecular weight excluding hydrogens is 905 g/mol. The van der Waals surface area contributed by atoms with Crippen LogP contribution in [0.2, 0.25) is 0 Å². The molecule has 0 saturated carbocycles. The molecule has 1 heterocycles. The van der Waals surface area contributed by atoms with E-state index in [2.05, 4.69) is 24.5 Å². The predicted molar refractivity (Wildman–Crippen MR) is 295 cm³/mol. The third-order valence-corrected chi connectivity index (χ3v) is 15.1. The number of benzene rings is 2. The molecule has 2 amide bonds. The van der Waals surface area contributed by atoms with E-state index in [1.54, 1.807) is 0 Å². The van der Waals surface area contributed by atoms with Crippen LogP contribution in [0.3, 0.4) is 0 Å². The lowest BCUT2D eigenvalue weighted by Crippen LogP contribution is -2.62. The number of nitrogens with one attached hydrogen (secondary N) is 2. The zero-order valence-electron chi connectivity index (χ0n) is 45.6. The van der Waals surface area contributed by atoms with Crippen molar-refractivity contribution in [2.24, 2.45) is 0 Å². The standard InChI is InChI=1S/C61H106N2O9/c1-3-5-7-9-11-13-15-17-18-19-20-21-22-23-24-25-26-27-29-31-33-35-37-46-54(65)63-52(55(66)53(64)45-36-34-32-30-28-16-14-12-10-8-6-4-2)48-71-61-58(69)56(67)57(68)59(72-61)60(70)62-47-50-43-40-42-49-41-38-39-44-51(49)50/h38-44,52-53,55-59,61,64,66-69H,3-37,45-48H2,1-2H3,(H,62,70)(H,63,65)/t52-,53+,55-,56-,57+,58+,59-,61-/m0/s1. The van der Waals surface area contributed by atoms with Gasteiger partial charge in [-0.15, -0.1) is 0 Å². The number of carbonyl (C=O) groups excluding carboxylic acids is 2. The SMILES string of the molecule is CCCCCCCCCCCCCCCCCCCCCCCCCC(=O)N[C@@H](CO[C@H]1O[C@H](C(=O)NCc2cccc3ccccc23)[C@H](O)[C@H](O)[C@H]1O)[C@H](O)[C@H](O)CCCCCCCCCCCCCC. The minimum absolute atomic E-state index is 0.133. The van der Waals surface area contributed by atoms with E-state index in [4.69, 9.17) is 9.47 Å². The van der Waals surface area contributed by atoms with Gasteiger partial charge in [0.1, 0.15) is 24.4 Å². The summed E-state index contributed by atoms with van der Waals surface area (Å²) in [6.45, 7) is 4.28. The first-order valence-electron chi connectivity index (χ1n) is 29.9. The minimum atomic E-state index is -1.77. The molecule has 414 valence electrons. The van der Waals surface area contributed by atoms with E-state index >= 15 is 0 Å². The van der Waals surface area contributed by atoms with Crippen molar-refractivity contribution in [1.82, 2.24) is 10.6 Å². The van der Waals surface area contributed by atoms with Gasteiger partial charge in [-0.25, -0.2) is 0 Å². The average molecular weight is 1010 g/mol. The average Bonchev–Trinajstić information content (AvgIpc) is 3.39. The summed E-state index contributed by atoms with van der Waals surface area (Å²) in [6, 6.07) is 12.5. The number of amides is 2. The Bertz CT molecular complexity index is 1620. The highest BCUT2D eigenvalue weighted by Crippen LogP contribution is 2.25. The summed E-state index contributed by atoms with van der Waals surface area (Å²) in [5.41, 5.74) is 0.852. The Hall–Kier alpha value is -2.64. The maximum Gasteiger partial charge on any atom is 0.252 e. The number of rotatable bonds is 46. The number of aliphatic hydroxyl groups excluding tert-OH is 5. The Morgan fingerprint density at radius 1 is 0.542 bits per heavy atom. The maximum absolute atomic E-state index is 13.4. The highest BCUT2D eigenvalue weighted by atomic mass is 16.7. The number of aliphatic hydroxyl groups is 5. The van der Waals surface area contributed by atoms with Gasteiger partial charge in [0.05, 0.1) is 18.8 Å². The molecule has 0 aromatic heterocycles. The Morgan fingerprint density at radius 3 is 1.46 bits per heavy atom. The second-order valence-corrected chi connectivity index (χ2v) is 21.5. The molecular formula is C61H106N2O9. The van der Waals surface area contributed by atoms with Gasteiger partial charge in [-0.3, -0.25) is 9.59 Å². The number of fused-ring (bicyclic) bond motifs is 1. The molecule has 2 aromatic carbocycles. The molecule has 0 spiro atoms. The normalized spacial score (nSPS) is 19.3. The molecule has 8 atom stereocenters. The van der Waals surface area contributed by atoms with Gasteiger partial charge in [-0.2, -0.15) is 0 Å². The van der Waals surface area contributed by atoms with Crippen LogP contribution in [-0.4, -0.2) is 92.9 Å². The van der Waals surface area contributed by atoms with Crippen molar-refractivity contribution in [1.29, 1.82) is 0 Å². The fourth-order valence-corrected chi connectivity index (χ4v) is 10.3. The fraction of sp³-hybridized carbons (Fsp3) is 0.803. The highest BCUT2D eigenvalue weighted by Gasteiger charge is 2.47. The van der Waals surface area contributed by atoms with Crippen LogP contribution in [0, 0.1) is 0 Å². The van der Waals surface area contributed by atoms with E-state index < -0.39 is 54.9 Å². The molecule has 11 nitrogen and oxygen atoms in total. The lowest BCUT2D eigenvalue weighted by molar-refractivity contribution is -0.293. The molecule has 1 aliphatic rings. The topological polar surface area (TPSA) is 178 Å². The van der Waals surface area contributed by atoms with Crippen LogP contribution in [0.15, 0.2) is 42.5 Å². The number of ether oxygens (including phenoxy) is 2. The maximum atomic E-state index is 13.4. The zero-order chi connectivity index (χ0) is 51.9. The third kappa shape index (κ3) is 27.8. The summed E-state index contributed by atoms with van der Waals surface area (Å²) >= 11 is 0. The second kappa shape index (κ2) is 41.6. The largest absolute Gasteiger partial charge is 0.390 e. The van der Waals surface area contributed by atoms with Crippen LogP contribution in [0.1, 0.15) is 257 Å². The number of carbonyl (C=O) groups is 2. The summed E-state index contributed by atoms with van der Waals surface area (Å²) < 4.78 is 11.7. The van der Waals surface area contributed by atoms with Gasteiger partial charge in [0.25, 0.3) is 5.91 Å². The summed E-state index contributed by atoms with van der Waals surface area (Å²) in [7, 11) is 0. The third-order valence-electron chi connectivity index (χ3n) is 15.1. The molecule has 1 aliphatic heterocycles. The monoisotopic (exact) mass is 1010 g/mol.